The predicted molar refractivity (Wildman–Crippen MR) is 139 cm³/mol. The smallest absolute Gasteiger partial charge is 0.213 e. The Bertz CT molecular complexity index is 948. The maximum absolute atomic E-state index is 6.54. The molecule has 2 aromatic heterocycles. The van der Waals surface area contributed by atoms with Crippen LogP contribution >= 0.6 is 11.6 Å². The van der Waals surface area contributed by atoms with Crippen molar-refractivity contribution >= 4 is 17.4 Å². The first kappa shape index (κ1) is 26.1. The highest BCUT2D eigenvalue weighted by molar-refractivity contribution is 6.33. The van der Waals surface area contributed by atoms with E-state index in [2.05, 4.69) is 27.5 Å². The molecule has 0 amide bonds. The molecule has 4 rings (SSSR count). The molecule has 0 spiro atoms. The normalized spacial score (nSPS) is 23.0. The Balaban J connectivity index is 1.36. The molecule has 0 bridgehead atoms. The highest BCUT2D eigenvalue weighted by Crippen LogP contribution is 2.32. The van der Waals surface area contributed by atoms with Crippen LogP contribution in [-0.2, 0) is 9.47 Å². The molecule has 2 aromatic rings. The van der Waals surface area contributed by atoms with E-state index in [-0.39, 0.29) is 5.54 Å². The minimum Gasteiger partial charge on any atom is -0.476 e. The van der Waals surface area contributed by atoms with Gasteiger partial charge in [0.05, 0.1) is 17.2 Å². The molecule has 3 heterocycles. The third-order valence-electron chi connectivity index (χ3n) is 6.91. The lowest BCUT2D eigenvalue weighted by molar-refractivity contribution is 0.0335. The van der Waals surface area contributed by atoms with Crippen LogP contribution in [0.5, 0.6) is 5.88 Å². The first-order valence-electron chi connectivity index (χ1n) is 12.6. The number of hydrogen-bond donors (Lipinski definition) is 3. The molecule has 0 aromatic carbocycles. The topological polar surface area (TPSA) is 104 Å². The first-order valence-corrected chi connectivity index (χ1v) is 12.9. The van der Waals surface area contributed by atoms with Crippen molar-refractivity contribution in [2.45, 2.75) is 69.1 Å². The van der Waals surface area contributed by atoms with Crippen LogP contribution < -0.4 is 21.1 Å². The molecule has 1 aliphatic carbocycles. The second-order valence-electron chi connectivity index (χ2n) is 9.91. The van der Waals surface area contributed by atoms with Crippen molar-refractivity contribution in [1.82, 2.24) is 15.3 Å². The van der Waals surface area contributed by atoms with Gasteiger partial charge in [-0.05, 0) is 63.1 Å². The van der Waals surface area contributed by atoms with Crippen LogP contribution in [0.4, 0.5) is 5.82 Å². The Morgan fingerprint density at radius 1 is 1.17 bits per heavy atom. The summed E-state index contributed by atoms with van der Waals surface area (Å²) >= 11 is 6.54. The predicted octanol–water partition coefficient (Wildman–Crippen LogP) is 4.03. The monoisotopic (exact) mass is 503 g/mol. The molecule has 8 nitrogen and oxygen atoms in total. The SMILES string of the molecule is COCC(C)NC1CCC(Nc2cc(-c3ccnc(OCC4(N)CCOCC4)c3)c(Cl)cn2)CC1. The number of ether oxygens (including phenoxy) is 3. The Labute approximate surface area is 213 Å². The summed E-state index contributed by atoms with van der Waals surface area (Å²) < 4.78 is 16.6. The van der Waals surface area contributed by atoms with Crippen molar-refractivity contribution < 1.29 is 14.2 Å². The van der Waals surface area contributed by atoms with E-state index < -0.39 is 0 Å². The number of nitrogens with one attached hydrogen (secondary N) is 2. The van der Waals surface area contributed by atoms with Gasteiger partial charge in [0, 0.05) is 62.5 Å². The van der Waals surface area contributed by atoms with Crippen LogP contribution in [0.3, 0.4) is 0 Å². The lowest BCUT2D eigenvalue weighted by atomic mass is 9.90. The fourth-order valence-corrected chi connectivity index (χ4v) is 5.06. The Morgan fingerprint density at radius 3 is 2.66 bits per heavy atom. The highest BCUT2D eigenvalue weighted by Gasteiger charge is 2.29. The second-order valence-corrected chi connectivity index (χ2v) is 10.3. The van der Waals surface area contributed by atoms with Gasteiger partial charge in [0.15, 0.2) is 0 Å². The zero-order valence-corrected chi connectivity index (χ0v) is 21.5. The molecule has 1 aliphatic heterocycles. The van der Waals surface area contributed by atoms with Gasteiger partial charge in [0.1, 0.15) is 12.4 Å². The number of nitrogens with zero attached hydrogens (tertiary/aromatic N) is 2. The summed E-state index contributed by atoms with van der Waals surface area (Å²) in [5.41, 5.74) is 7.91. The van der Waals surface area contributed by atoms with Crippen LogP contribution in [0.15, 0.2) is 30.6 Å². The molecule has 9 heteroatoms. The van der Waals surface area contributed by atoms with E-state index in [0.717, 1.165) is 62.1 Å². The molecule has 2 aliphatic rings. The molecule has 1 saturated heterocycles. The van der Waals surface area contributed by atoms with Crippen LogP contribution in [0.25, 0.3) is 11.1 Å². The van der Waals surface area contributed by atoms with Crippen molar-refractivity contribution in [3.63, 3.8) is 0 Å². The zero-order valence-electron chi connectivity index (χ0n) is 20.8. The van der Waals surface area contributed by atoms with E-state index in [1.807, 2.05) is 18.2 Å². The molecule has 1 atom stereocenters. The molecule has 2 fully saturated rings. The van der Waals surface area contributed by atoms with Gasteiger partial charge in [-0.25, -0.2) is 9.97 Å². The summed E-state index contributed by atoms with van der Waals surface area (Å²) in [4.78, 5) is 8.90. The molecular formula is C26H38ClN5O3. The van der Waals surface area contributed by atoms with Gasteiger partial charge >= 0.3 is 0 Å². The number of nitrogens with two attached hydrogens (primary N) is 1. The van der Waals surface area contributed by atoms with Crippen molar-refractivity contribution in [3.05, 3.63) is 35.6 Å². The standard InChI is InChI=1S/C26H38ClN5O3/c1-18(16-33-2)31-20-3-5-21(6-4-20)32-24-14-22(23(27)15-30-24)19-7-10-29-25(13-19)35-17-26(28)8-11-34-12-9-26/h7,10,13-15,18,20-21,31H,3-6,8-9,11-12,16-17,28H2,1-2H3,(H,30,32). The molecular weight excluding hydrogens is 466 g/mol. The Hall–Kier alpha value is -1.97. The summed E-state index contributed by atoms with van der Waals surface area (Å²) in [5.74, 6) is 1.37. The van der Waals surface area contributed by atoms with Crippen molar-refractivity contribution in [3.8, 4) is 17.0 Å². The van der Waals surface area contributed by atoms with Crippen molar-refractivity contribution in [1.29, 1.82) is 0 Å². The van der Waals surface area contributed by atoms with E-state index in [4.69, 9.17) is 31.5 Å². The number of aromatic nitrogens is 2. The molecule has 192 valence electrons. The van der Waals surface area contributed by atoms with Gasteiger partial charge in [-0.1, -0.05) is 11.6 Å². The van der Waals surface area contributed by atoms with E-state index in [1.54, 1.807) is 19.5 Å². The van der Waals surface area contributed by atoms with Gasteiger partial charge in [0.2, 0.25) is 5.88 Å². The van der Waals surface area contributed by atoms with Gasteiger partial charge in [-0.15, -0.1) is 0 Å². The number of methoxy groups -OCH3 is 1. The van der Waals surface area contributed by atoms with E-state index in [0.29, 0.717) is 48.8 Å². The summed E-state index contributed by atoms with van der Waals surface area (Å²) in [7, 11) is 1.74. The lowest BCUT2D eigenvalue weighted by Crippen LogP contribution is -2.49. The second kappa shape index (κ2) is 12.3. The molecule has 1 saturated carbocycles. The van der Waals surface area contributed by atoms with Crippen molar-refractivity contribution in [2.24, 2.45) is 5.73 Å². The van der Waals surface area contributed by atoms with Gasteiger partial charge < -0.3 is 30.6 Å². The average Bonchev–Trinajstić information content (AvgIpc) is 2.86. The maximum atomic E-state index is 6.54. The van der Waals surface area contributed by atoms with Gasteiger partial charge in [-0.2, -0.15) is 0 Å². The van der Waals surface area contributed by atoms with Gasteiger partial charge in [-0.3, -0.25) is 0 Å². The van der Waals surface area contributed by atoms with Gasteiger partial charge in [0.25, 0.3) is 0 Å². The van der Waals surface area contributed by atoms with Crippen molar-refractivity contribution in [2.75, 3.05) is 38.9 Å². The Kier molecular flexibility index (Phi) is 9.19. The molecule has 4 N–H and O–H groups in total. The third kappa shape index (κ3) is 7.51. The Morgan fingerprint density at radius 2 is 1.91 bits per heavy atom. The third-order valence-corrected chi connectivity index (χ3v) is 7.21. The van der Waals surface area contributed by atoms with Crippen LogP contribution in [-0.4, -0.2) is 67.2 Å². The minimum absolute atomic E-state index is 0.372. The van der Waals surface area contributed by atoms with E-state index >= 15 is 0 Å². The number of halogens is 1. The summed E-state index contributed by atoms with van der Waals surface area (Å²) in [6.07, 6.45) is 9.45. The molecule has 35 heavy (non-hydrogen) atoms. The highest BCUT2D eigenvalue weighted by atomic mass is 35.5. The first-order chi connectivity index (χ1) is 16.9. The summed E-state index contributed by atoms with van der Waals surface area (Å²) in [6, 6.07) is 7.15. The summed E-state index contributed by atoms with van der Waals surface area (Å²) in [5, 5.41) is 7.86. The van der Waals surface area contributed by atoms with Crippen LogP contribution in [0, 0.1) is 0 Å². The van der Waals surface area contributed by atoms with E-state index in [1.165, 1.54) is 0 Å². The lowest BCUT2D eigenvalue weighted by Gasteiger charge is -2.32. The largest absolute Gasteiger partial charge is 0.476 e. The number of hydrogen-bond acceptors (Lipinski definition) is 8. The quantitative estimate of drug-likeness (QED) is 0.446. The fourth-order valence-electron chi connectivity index (χ4n) is 4.85. The number of anilines is 1. The van der Waals surface area contributed by atoms with E-state index in [9.17, 15) is 0 Å². The van der Waals surface area contributed by atoms with Crippen LogP contribution in [0.1, 0.15) is 45.4 Å². The summed E-state index contributed by atoms with van der Waals surface area (Å²) in [6.45, 7) is 4.65. The number of pyridine rings is 2. The maximum Gasteiger partial charge on any atom is 0.213 e. The fraction of sp³-hybridized carbons (Fsp3) is 0.615. The zero-order chi connectivity index (χ0) is 24.7. The molecule has 1 unspecified atom stereocenters. The number of rotatable bonds is 10. The minimum atomic E-state index is -0.377. The molecule has 0 radical (unpaired) electrons. The average molecular weight is 504 g/mol. The van der Waals surface area contributed by atoms with Crippen LogP contribution in [0.2, 0.25) is 5.02 Å².